The molecule has 0 bridgehead atoms. The Morgan fingerprint density at radius 2 is 1.66 bits per heavy atom. The molecule has 0 N–H and O–H groups in total. The van der Waals surface area contributed by atoms with E-state index in [2.05, 4.69) is 0 Å². The predicted octanol–water partition coefficient (Wildman–Crippen LogP) is 6.05. The van der Waals surface area contributed by atoms with Gasteiger partial charge < -0.3 is 18.6 Å². The lowest BCUT2D eigenvalue weighted by molar-refractivity contribution is 0.340. The van der Waals surface area contributed by atoms with E-state index in [4.69, 9.17) is 18.6 Å². The summed E-state index contributed by atoms with van der Waals surface area (Å²) in [7, 11) is 3.18. The molecule has 32 heavy (non-hydrogen) atoms. The van der Waals surface area contributed by atoms with Crippen molar-refractivity contribution in [1.29, 1.82) is 0 Å². The maximum Gasteiger partial charge on any atom is 0.193 e. The first-order valence-corrected chi connectivity index (χ1v) is 10.3. The first-order valence-electron chi connectivity index (χ1n) is 10.3. The maximum absolute atomic E-state index is 12.7. The quantitative estimate of drug-likeness (QED) is 0.336. The molecule has 0 unspecified atom stereocenters. The van der Waals surface area contributed by atoms with E-state index < -0.39 is 0 Å². The average molecular weight is 428 g/mol. The molecule has 0 radical (unpaired) electrons. The summed E-state index contributed by atoms with van der Waals surface area (Å²) in [5, 5.41) is 0.537. The van der Waals surface area contributed by atoms with Crippen molar-refractivity contribution in [3.05, 3.63) is 88.1 Å². The van der Waals surface area contributed by atoms with E-state index in [9.17, 15) is 4.79 Å². The zero-order valence-corrected chi connectivity index (χ0v) is 18.3. The summed E-state index contributed by atoms with van der Waals surface area (Å²) in [5.41, 5.74) is 2.89. The van der Waals surface area contributed by atoms with E-state index >= 15 is 0 Å². The van der Waals surface area contributed by atoms with Crippen LogP contribution in [0.15, 0.2) is 75.9 Å². The lowest BCUT2D eigenvalue weighted by Crippen LogP contribution is -2.02. The minimum atomic E-state index is -0.110. The molecule has 5 heteroatoms. The van der Waals surface area contributed by atoms with Crippen molar-refractivity contribution in [2.24, 2.45) is 0 Å². The summed E-state index contributed by atoms with van der Waals surface area (Å²) >= 11 is 0. The largest absolute Gasteiger partial charge is 0.497 e. The first kappa shape index (κ1) is 21.2. The van der Waals surface area contributed by atoms with Crippen LogP contribution in [0.4, 0.5) is 0 Å². The zero-order valence-electron chi connectivity index (χ0n) is 18.3. The average Bonchev–Trinajstić information content (AvgIpc) is 2.83. The van der Waals surface area contributed by atoms with Crippen LogP contribution in [0.1, 0.15) is 18.1 Å². The molecule has 0 amide bonds. The van der Waals surface area contributed by atoms with Gasteiger partial charge in [-0.15, -0.1) is 0 Å². The Kier molecular flexibility index (Phi) is 6.26. The molecule has 4 rings (SSSR count). The predicted molar refractivity (Wildman–Crippen MR) is 128 cm³/mol. The van der Waals surface area contributed by atoms with Gasteiger partial charge in [0.1, 0.15) is 28.6 Å². The molecule has 0 fully saturated rings. The molecule has 0 saturated heterocycles. The van der Waals surface area contributed by atoms with Gasteiger partial charge in [0.2, 0.25) is 0 Å². The Labute approximate surface area is 186 Å². The molecule has 4 aromatic rings. The third kappa shape index (κ3) is 4.37. The molecule has 0 saturated carbocycles. The van der Waals surface area contributed by atoms with Crippen LogP contribution in [0.3, 0.4) is 0 Å². The molecular formula is C27H24O5. The molecule has 1 heterocycles. The number of methoxy groups -OCH3 is 2. The van der Waals surface area contributed by atoms with Gasteiger partial charge in [-0.2, -0.15) is 0 Å². The van der Waals surface area contributed by atoms with Crippen molar-refractivity contribution in [2.75, 3.05) is 20.8 Å². The summed E-state index contributed by atoms with van der Waals surface area (Å²) in [4.78, 5) is 12.7. The Morgan fingerprint density at radius 1 is 0.875 bits per heavy atom. The Bertz CT molecular complexity index is 1320. The minimum Gasteiger partial charge on any atom is -0.497 e. The molecule has 0 aliphatic rings. The van der Waals surface area contributed by atoms with Gasteiger partial charge in [-0.25, -0.2) is 0 Å². The van der Waals surface area contributed by atoms with Crippen molar-refractivity contribution in [3.8, 4) is 28.6 Å². The summed E-state index contributed by atoms with van der Waals surface area (Å²) in [6.07, 6.45) is 3.93. The minimum absolute atomic E-state index is 0.110. The summed E-state index contributed by atoms with van der Waals surface area (Å²) in [5.74, 6) is 2.44. The Hall–Kier alpha value is -3.99. The molecule has 0 atom stereocenters. The summed E-state index contributed by atoms with van der Waals surface area (Å²) < 4.78 is 22.7. The van der Waals surface area contributed by atoms with Crippen LogP contribution in [0.25, 0.3) is 34.4 Å². The molecule has 1 aromatic heterocycles. The third-order valence-electron chi connectivity index (χ3n) is 5.09. The van der Waals surface area contributed by atoms with Crippen LogP contribution in [-0.2, 0) is 0 Å². The van der Waals surface area contributed by atoms with Crippen molar-refractivity contribution in [3.63, 3.8) is 0 Å². The fourth-order valence-corrected chi connectivity index (χ4v) is 3.54. The number of fused-ring (bicyclic) bond motifs is 1. The van der Waals surface area contributed by atoms with Gasteiger partial charge in [-0.05, 0) is 48.4 Å². The van der Waals surface area contributed by atoms with Gasteiger partial charge in [-0.1, -0.05) is 36.4 Å². The number of hydrogen-bond donors (Lipinski definition) is 0. The number of hydrogen-bond acceptors (Lipinski definition) is 5. The molecule has 162 valence electrons. The van der Waals surface area contributed by atoms with Gasteiger partial charge in [0.15, 0.2) is 5.43 Å². The maximum atomic E-state index is 12.7. The number of ether oxygens (including phenoxy) is 3. The van der Waals surface area contributed by atoms with E-state index in [1.54, 1.807) is 32.4 Å². The van der Waals surface area contributed by atoms with Crippen molar-refractivity contribution in [1.82, 2.24) is 0 Å². The number of benzene rings is 3. The van der Waals surface area contributed by atoms with Crippen LogP contribution < -0.4 is 19.6 Å². The SMILES string of the molecule is CCOc1ccc(/C=C/c2cc(OC)cc(OC)c2-c2cc(=O)c3ccccc3o2)cc1. The van der Waals surface area contributed by atoms with Crippen LogP contribution in [-0.4, -0.2) is 20.8 Å². The molecule has 0 aliphatic carbocycles. The topological polar surface area (TPSA) is 57.9 Å². The normalized spacial score (nSPS) is 11.1. The fourth-order valence-electron chi connectivity index (χ4n) is 3.54. The van der Waals surface area contributed by atoms with Crippen molar-refractivity contribution >= 4 is 23.1 Å². The highest BCUT2D eigenvalue weighted by molar-refractivity contribution is 5.86. The van der Waals surface area contributed by atoms with E-state index in [1.165, 1.54) is 6.07 Å². The van der Waals surface area contributed by atoms with E-state index in [-0.39, 0.29) is 5.43 Å². The van der Waals surface area contributed by atoms with Gasteiger partial charge in [-0.3, -0.25) is 4.79 Å². The monoisotopic (exact) mass is 428 g/mol. The van der Waals surface area contributed by atoms with E-state index in [0.29, 0.717) is 40.4 Å². The van der Waals surface area contributed by atoms with E-state index in [1.807, 2.05) is 61.5 Å². The number of rotatable bonds is 7. The molecule has 3 aromatic carbocycles. The highest BCUT2D eigenvalue weighted by Gasteiger charge is 2.17. The van der Waals surface area contributed by atoms with Gasteiger partial charge in [0.25, 0.3) is 0 Å². The highest BCUT2D eigenvalue weighted by Crippen LogP contribution is 2.38. The Morgan fingerprint density at radius 3 is 2.38 bits per heavy atom. The highest BCUT2D eigenvalue weighted by atomic mass is 16.5. The molecule has 0 spiro atoms. The van der Waals surface area contributed by atoms with Crippen LogP contribution in [0.5, 0.6) is 17.2 Å². The van der Waals surface area contributed by atoms with Gasteiger partial charge >= 0.3 is 0 Å². The lowest BCUT2D eigenvalue weighted by atomic mass is 10.0. The van der Waals surface area contributed by atoms with Crippen LogP contribution in [0.2, 0.25) is 0 Å². The van der Waals surface area contributed by atoms with Crippen LogP contribution >= 0.6 is 0 Å². The molecule has 0 aliphatic heterocycles. The van der Waals surface area contributed by atoms with Crippen LogP contribution in [0, 0.1) is 0 Å². The smallest absolute Gasteiger partial charge is 0.193 e. The lowest BCUT2D eigenvalue weighted by Gasteiger charge is -2.14. The second-order valence-corrected chi connectivity index (χ2v) is 7.10. The van der Waals surface area contributed by atoms with Crippen molar-refractivity contribution in [2.45, 2.75) is 6.92 Å². The second kappa shape index (κ2) is 9.43. The summed E-state index contributed by atoms with van der Waals surface area (Å²) in [6.45, 7) is 2.58. The van der Waals surface area contributed by atoms with Crippen molar-refractivity contribution < 1.29 is 18.6 Å². The number of para-hydroxylation sites is 1. The Balaban J connectivity index is 1.84. The molecular weight excluding hydrogens is 404 g/mol. The zero-order chi connectivity index (χ0) is 22.5. The van der Waals surface area contributed by atoms with Gasteiger partial charge in [0.05, 0.1) is 31.8 Å². The molecule has 5 nitrogen and oxygen atoms in total. The van der Waals surface area contributed by atoms with Gasteiger partial charge in [0, 0.05) is 12.1 Å². The first-order chi connectivity index (χ1) is 15.6. The fraction of sp³-hybridized carbons (Fsp3) is 0.148. The van der Waals surface area contributed by atoms with E-state index in [0.717, 1.165) is 16.9 Å². The standard InChI is InChI=1S/C27H24O5/c1-4-31-20-13-10-18(11-14-20)9-12-19-15-21(29-2)16-25(30-3)27(19)26-17-23(28)22-7-5-6-8-24(22)32-26/h5-17H,4H2,1-3H3/b12-9+. The third-order valence-corrected chi connectivity index (χ3v) is 5.09. The summed E-state index contributed by atoms with van der Waals surface area (Å²) in [6, 6.07) is 20.2. The second-order valence-electron chi connectivity index (χ2n) is 7.10.